The van der Waals surface area contributed by atoms with Crippen LogP contribution in [-0.2, 0) is 17.6 Å². The van der Waals surface area contributed by atoms with E-state index in [-0.39, 0.29) is 24.3 Å². The molecule has 0 aliphatic carbocycles. The van der Waals surface area contributed by atoms with Crippen LogP contribution in [0, 0.1) is 0 Å². The Morgan fingerprint density at radius 3 is 1.20 bits per heavy atom. The topological polar surface area (TPSA) is 17.1 Å². The number of rotatable bonds is 6. The molecule has 0 saturated heterocycles. The SMILES string of the molecule is O=C(Cc1cc(S(F)(F)(F)(F)F)ccc1Cl)Cc1cc(S(F)(F)(F)(F)F)ccc1Cl. The summed E-state index contributed by atoms with van der Waals surface area (Å²) < 4.78 is 129. The van der Waals surface area contributed by atoms with Gasteiger partial charge in [0.05, 0.1) is 0 Å². The van der Waals surface area contributed by atoms with Gasteiger partial charge in [-0.3, -0.25) is 4.79 Å². The van der Waals surface area contributed by atoms with Crippen LogP contribution in [0.1, 0.15) is 11.1 Å². The summed E-state index contributed by atoms with van der Waals surface area (Å²) in [6.45, 7) is 0. The Labute approximate surface area is 173 Å². The fourth-order valence-electron chi connectivity index (χ4n) is 2.34. The second-order valence-electron chi connectivity index (χ2n) is 6.34. The molecule has 2 aromatic rings. The van der Waals surface area contributed by atoms with E-state index in [1.165, 1.54) is 0 Å². The highest BCUT2D eigenvalue weighted by Gasteiger charge is 2.66. The van der Waals surface area contributed by atoms with Crippen molar-refractivity contribution in [3.05, 3.63) is 57.6 Å². The molecule has 0 atom stereocenters. The van der Waals surface area contributed by atoms with Gasteiger partial charge in [0.25, 0.3) is 0 Å². The lowest BCUT2D eigenvalue weighted by Gasteiger charge is -2.40. The molecule has 0 aliphatic heterocycles. The molecule has 0 spiro atoms. The third-order valence-corrected chi connectivity index (χ3v) is 6.73. The standard InChI is InChI=1S/C15H10Cl2F10OS2/c16-14-3-1-12(29(18,19,20,21)22)7-9(14)5-11(28)6-10-8-13(2-4-15(10)17)30(23,24,25,26)27/h1-4,7-8H,5-6H2. The van der Waals surface area contributed by atoms with E-state index in [0.29, 0.717) is 12.1 Å². The Hall–Kier alpha value is -1.31. The monoisotopic (exact) mass is 530 g/mol. The minimum Gasteiger partial charge on any atom is -0.299 e. The van der Waals surface area contributed by atoms with Crippen LogP contribution in [0.3, 0.4) is 0 Å². The van der Waals surface area contributed by atoms with Gasteiger partial charge in [-0.25, -0.2) is 0 Å². The molecular formula is C15H10Cl2F10OS2. The highest BCUT2D eigenvalue weighted by atomic mass is 35.5. The molecule has 2 rings (SSSR count). The molecule has 1 nitrogen and oxygen atoms in total. The summed E-state index contributed by atoms with van der Waals surface area (Å²) >= 11 is 11.2. The first kappa shape index (κ1) is 25.0. The van der Waals surface area contributed by atoms with E-state index in [0.717, 1.165) is 0 Å². The summed E-state index contributed by atoms with van der Waals surface area (Å²) in [5, 5.41) is -0.971. The van der Waals surface area contributed by atoms with Crippen LogP contribution in [0.4, 0.5) is 38.9 Å². The van der Waals surface area contributed by atoms with Crippen molar-refractivity contribution in [2.45, 2.75) is 22.6 Å². The molecule has 172 valence electrons. The van der Waals surface area contributed by atoms with E-state index in [1.807, 2.05) is 0 Å². The zero-order valence-electron chi connectivity index (χ0n) is 14.1. The summed E-state index contributed by atoms with van der Waals surface area (Å²) in [5.41, 5.74) is -1.35. The molecule has 30 heavy (non-hydrogen) atoms. The van der Waals surface area contributed by atoms with E-state index in [4.69, 9.17) is 23.2 Å². The lowest BCUT2D eigenvalue weighted by atomic mass is 10.0. The number of hydrogen-bond donors (Lipinski definition) is 0. The van der Waals surface area contributed by atoms with Crippen LogP contribution < -0.4 is 0 Å². The quantitative estimate of drug-likeness (QED) is 0.339. The predicted octanol–water partition coefficient (Wildman–Crippen LogP) is 9.66. The lowest BCUT2D eigenvalue weighted by molar-refractivity contribution is -0.117. The summed E-state index contributed by atoms with van der Waals surface area (Å²) in [6, 6.07) is 0.918. The van der Waals surface area contributed by atoms with Gasteiger partial charge < -0.3 is 0 Å². The maximum atomic E-state index is 12.9. The van der Waals surface area contributed by atoms with Gasteiger partial charge in [-0.05, 0) is 47.5 Å². The molecule has 0 amide bonds. The number of carbonyl (C=O) groups is 1. The molecule has 0 bridgehead atoms. The van der Waals surface area contributed by atoms with Crippen molar-refractivity contribution in [3.8, 4) is 0 Å². The molecule has 2 aromatic carbocycles. The highest BCUT2D eigenvalue weighted by Crippen LogP contribution is 3.02. The fraction of sp³-hybridized carbons (Fsp3) is 0.133. The minimum absolute atomic E-state index is 0.0207. The van der Waals surface area contributed by atoms with Gasteiger partial charge in [-0.2, -0.15) is 0 Å². The average molecular weight is 531 g/mol. The molecule has 0 heterocycles. The predicted molar refractivity (Wildman–Crippen MR) is 98.1 cm³/mol. The fourth-order valence-corrected chi connectivity index (χ4v) is 4.09. The molecular weight excluding hydrogens is 521 g/mol. The van der Waals surface area contributed by atoms with Gasteiger partial charge in [-0.1, -0.05) is 62.1 Å². The summed E-state index contributed by atoms with van der Waals surface area (Å²) in [5.74, 6) is -1.10. The van der Waals surface area contributed by atoms with Crippen molar-refractivity contribution in [3.63, 3.8) is 0 Å². The van der Waals surface area contributed by atoms with E-state index < -0.39 is 70.0 Å². The van der Waals surface area contributed by atoms with E-state index in [2.05, 4.69) is 0 Å². The summed E-state index contributed by atoms with van der Waals surface area (Å²) in [7, 11) is -20.2. The second-order valence-corrected chi connectivity index (χ2v) is 12.0. The van der Waals surface area contributed by atoms with Crippen LogP contribution >= 0.6 is 43.6 Å². The van der Waals surface area contributed by atoms with Crippen LogP contribution in [0.25, 0.3) is 0 Å². The molecule has 0 unspecified atom stereocenters. The van der Waals surface area contributed by atoms with Gasteiger partial charge in [0.1, 0.15) is 15.6 Å². The van der Waals surface area contributed by atoms with Crippen LogP contribution in [0.2, 0.25) is 10.0 Å². The van der Waals surface area contributed by atoms with Crippen molar-refractivity contribution < 1.29 is 43.7 Å². The van der Waals surface area contributed by atoms with Gasteiger partial charge in [0.15, 0.2) is 0 Å². The van der Waals surface area contributed by atoms with E-state index >= 15 is 0 Å². The van der Waals surface area contributed by atoms with Crippen molar-refractivity contribution in [2.75, 3.05) is 0 Å². The molecule has 0 fully saturated rings. The molecule has 0 N–H and O–H groups in total. The number of benzene rings is 2. The van der Waals surface area contributed by atoms with E-state index in [9.17, 15) is 43.7 Å². The maximum Gasteiger partial charge on any atom is 0.310 e. The van der Waals surface area contributed by atoms with Crippen LogP contribution in [-0.4, -0.2) is 5.78 Å². The lowest BCUT2D eigenvalue weighted by Crippen LogP contribution is -2.11. The van der Waals surface area contributed by atoms with Crippen LogP contribution in [0.5, 0.6) is 0 Å². The summed E-state index contributed by atoms with van der Waals surface area (Å²) in [4.78, 5) is 7.46. The smallest absolute Gasteiger partial charge is 0.299 e. The average Bonchev–Trinajstić information content (AvgIpc) is 2.46. The molecule has 0 aliphatic rings. The van der Waals surface area contributed by atoms with Crippen molar-refractivity contribution in [1.29, 1.82) is 0 Å². The van der Waals surface area contributed by atoms with Crippen molar-refractivity contribution >= 4 is 49.4 Å². The number of Topliss-reactive ketones (excluding diaryl/α,β-unsaturated/α-hetero) is 1. The third kappa shape index (κ3) is 6.34. The maximum absolute atomic E-state index is 12.9. The first-order chi connectivity index (χ1) is 12.9. The second kappa shape index (κ2) is 5.93. The van der Waals surface area contributed by atoms with Gasteiger partial charge in [0, 0.05) is 22.9 Å². The van der Waals surface area contributed by atoms with Gasteiger partial charge >= 0.3 is 20.4 Å². The zero-order chi connectivity index (χ0) is 23.5. The first-order valence-electron chi connectivity index (χ1n) is 7.42. The third-order valence-electron chi connectivity index (χ3n) is 3.70. The normalized spacial score (nSPS) is 17.5. The van der Waals surface area contributed by atoms with E-state index in [1.54, 1.807) is 0 Å². The Balaban J connectivity index is 2.37. The molecule has 0 saturated carbocycles. The number of carbonyl (C=O) groups excluding carboxylic acids is 1. The van der Waals surface area contributed by atoms with Gasteiger partial charge in [-0.15, -0.1) is 0 Å². The molecule has 15 heteroatoms. The minimum atomic E-state index is -10.1. The Bertz CT molecular complexity index is 965. The number of hydrogen-bond acceptors (Lipinski definition) is 1. The molecule has 0 radical (unpaired) electrons. The largest absolute Gasteiger partial charge is 0.310 e. The van der Waals surface area contributed by atoms with Crippen molar-refractivity contribution in [2.24, 2.45) is 0 Å². The van der Waals surface area contributed by atoms with Crippen LogP contribution in [0.15, 0.2) is 46.2 Å². The Morgan fingerprint density at radius 1 is 0.633 bits per heavy atom. The Kier molecular flexibility index (Phi) is 4.93. The highest BCUT2D eigenvalue weighted by molar-refractivity contribution is 8.46. The summed E-state index contributed by atoms with van der Waals surface area (Å²) in [6.07, 6.45) is -1.98. The molecule has 0 aromatic heterocycles. The zero-order valence-corrected chi connectivity index (χ0v) is 17.3. The number of ketones is 1. The first-order valence-corrected chi connectivity index (χ1v) is 12.1. The van der Waals surface area contributed by atoms with Crippen molar-refractivity contribution in [1.82, 2.24) is 0 Å². The number of halogens is 12. The van der Waals surface area contributed by atoms with Gasteiger partial charge in [0.2, 0.25) is 0 Å². The Morgan fingerprint density at radius 2 is 0.933 bits per heavy atom.